The molecule has 1 saturated heterocycles. The Hall–Kier alpha value is -1.53. The molecule has 1 aliphatic heterocycles. The number of hydrogen-bond donors (Lipinski definition) is 2. The molecule has 0 aliphatic carbocycles. The summed E-state index contributed by atoms with van der Waals surface area (Å²) >= 11 is 0. The molecule has 6 heteroatoms. The van der Waals surface area contributed by atoms with Gasteiger partial charge < -0.3 is 11.1 Å². The summed E-state index contributed by atoms with van der Waals surface area (Å²) in [7, 11) is 0. The fourth-order valence-corrected chi connectivity index (χ4v) is 2.77. The van der Waals surface area contributed by atoms with Gasteiger partial charge in [0.15, 0.2) is 0 Å². The van der Waals surface area contributed by atoms with Crippen LogP contribution in [0.25, 0.3) is 0 Å². The number of nitrogens with one attached hydrogen (secondary N) is 1. The molecule has 1 heterocycles. The van der Waals surface area contributed by atoms with Gasteiger partial charge in [-0.3, -0.25) is 9.69 Å². The highest BCUT2D eigenvalue weighted by Crippen LogP contribution is 2.20. The van der Waals surface area contributed by atoms with Gasteiger partial charge in [-0.25, -0.2) is 8.78 Å². The number of nitrogens with zero attached hydrogens (tertiary/aromatic N) is 1. The second-order valence-corrected chi connectivity index (χ2v) is 5.57. The van der Waals surface area contributed by atoms with Crippen molar-refractivity contribution in [2.75, 3.05) is 19.6 Å². The van der Waals surface area contributed by atoms with E-state index in [0.29, 0.717) is 5.56 Å². The van der Waals surface area contributed by atoms with Gasteiger partial charge in [0.1, 0.15) is 11.6 Å². The van der Waals surface area contributed by atoms with Crippen LogP contribution in [0, 0.1) is 11.6 Å². The number of primary amides is 1. The van der Waals surface area contributed by atoms with Crippen LogP contribution >= 0.6 is 0 Å². The highest BCUT2D eigenvalue weighted by Gasteiger charge is 2.22. The fraction of sp³-hybridized carbons (Fsp3) is 0.533. The monoisotopic (exact) mass is 297 g/mol. The lowest BCUT2D eigenvalue weighted by atomic mass is 10.0. The van der Waals surface area contributed by atoms with E-state index in [-0.39, 0.29) is 24.5 Å². The van der Waals surface area contributed by atoms with E-state index in [0.717, 1.165) is 38.1 Å². The van der Waals surface area contributed by atoms with Crippen LogP contribution in [0.15, 0.2) is 18.2 Å². The van der Waals surface area contributed by atoms with Crippen molar-refractivity contribution in [3.63, 3.8) is 0 Å². The van der Waals surface area contributed by atoms with Crippen LogP contribution < -0.4 is 11.1 Å². The number of halogens is 2. The van der Waals surface area contributed by atoms with Gasteiger partial charge >= 0.3 is 0 Å². The normalized spacial score (nSPS) is 18.6. The summed E-state index contributed by atoms with van der Waals surface area (Å²) in [4.78, 5) is 12.9. The Kier molecular flexibility index (Phi) is 5.25. The molecule has 4 nitrogen and oxygen atoms in total. The van der Waals surface area contributed by atoms with E-state index in [4.69, 9.17) is 5.73 Å². The van der Waals surface area contributed by atoms with Crippen LogP contribution in [-0.4, -0.2) is 36.5 Å². The Labute approximate surface area is 123 Å². The fourth-order valence-electron chi connectivity index (χ4n) is 2.77. The number of benzene rings is 1. The maximum absolute atomic E-state index is 13.7. The molecule has 116 valence electrons. The number of piperidine rings is 1. The quantitative estimate of drug-likeness (QED) is 0.867. The third kappa shape index (κ3) is 4.47. The molecule has 1 aromatic carbocycles. The smallest absolute Gasteiger partial charge is 0.231 e. The highest BCUT2D eigenvalue weighted by molar-refractivity contribution is 5.75. The van der Waals surface area contributed by atoms with Crippen LogP contribution in [0.1, 0.15) is 31.4 Å². The van der Waals surface area contributed by atoms with Crippen molar-refractivity contribution < 1.29 is 13.6 Å². The molecule has 0 radical (unpaired) electrons. The first-order valence-corrected chi connectivity index (χ1v) is 7.17. The van der Waals surface area contributed by atoms with Crippen LogP contribution in [0.2, 0.25) is 0 Å². The third-order valence-corrected chi connectivity index (χ3v) is 3.88. The number of hydrogen-bond acceptors (Lipinski definition) is 3. The number of nitrogens with two attached hydrogens (primary N) is 1. The van der Waals surface area contributed by atoms with Crippen molar-refractivity contribution in [3.05, 3.63) is 35.4 Å². The predicted octanol–water partition coefficient (Wildman–Crippen LogP) is 1.57. The Morgan fingerprint density at radius 1 is 1.43 bits per heavy atom. The minimum Gasteiger partial charge on any atom is -0.369 e. The van der Waals surface area contributed by atoms with E-state index in [2.05, 4.69) is 5.32 Å². The number of carbonyl (C=O) groups is 1. The number of likely N-dealkylation sites (tertiary alicyclic amines) is 1. The van der Waals surface area contributed by atoms with Crippen molar-refractivity contribution in [1.82, 2.24) is 10.2 Å². The lowest BCUT2D eigenvalue weighted by Crippen LogP contribution is -2.45. The Morgan fingerprint density at radius 2 is 2.10 bits per heavy atom. The Morgan fingerprint density at radius 3 is 2.71 bits per heavy atom. The molecule has 1 atom stereocenters. The van der Waals surface area contributed by atoms with E-state index in [9.17, 15) is 13.6 Å². The average Bonchev–Trinajstić information content (AvgIpc) is 2.43. The van der Waals surface area contributed by atoms with Crippen LogP contribution in [0.4, 0.5) is 8.78 Å². The van der Waals surface area contributed by atoms with Gasteiger partial charge in [-0.1, -0.05) is 0 Å². The van der Waals surface area contributed by atoms with E-state index in [1.165, 1.54) is 6.07 Å². The molecule has 0 spiro atoms. The molecule has 21 heavy (non-hydrogen) atoms. The largest absolute Gasteiger partial charge is 0.369 e. The van der Waals surface area contributed by atoms with Crippen molar-refractivity contribution in [3.8, 4) is 0 Å². The summed E-state index contributed by atoms with van der Waals surface area (Å²) in [5.74, 6) is -1.16. The molecule has 1 fully saturated rings. The van der Waals surface area contributed by atoms with Crippen molar-refractivity contribution in [1.29, 1.82) is 0 Å². The van der Waals surface area contributed by atoms with E-state index < -0.39 is 11.6 Å². The molecule has 0 bridgehead atoms. The van der Waals surface area contributed by atoms with Gasteiger partial charge in [0, 0.05) is 30.7 Å². The molecule has 1 aromatic rings. The van der Waals surface area contributed by atoms with Gasteiger partial charge in [0.05, 0.1) is 6.54 Å². The standard InChI is InChI=1S/C15H21F2N3O/c1-10(13-8-11(16)2-3-14(13)17)19-12-4-6-20(7-5-12)9-15(18)21/h2-3,8,10,12,19H,4-7,9H2,1H3,(H2,18,21). The van der Waals surface area contributed by atoms with Crippen LogP contribution in [-0.2, 0) is 4.79 Å². The van der Waals surface area contributed by atoms with Gasteiger partial charge in [0.25, 0.3) is 0 Å². The molecule has 0 saturated carbocycles. The molecule has 1 amide bonds. The molecule has 1 aliphatic rings. The molecule has 3 N–H and O–H groups in total. The number of carbonyl (C=O) groups excluding carboxylic acids is 1. The molecule has 2 rings (SSSR count). The SMILES string of the molecule is CC(NC1CCN(CC(N)=O)CC1)c1cc(F)ccc1F. The van der Waals surface area contributed by atoms with Crippen LogP contribution in [0.5, 0.6) is 0 Å². The number of amides is 1. The zero-order valence-electron chi connectivity index (χ0n) is 12.1. The highest BCUT2D eigenvalue weighted by atomic mass is 19.1. The Bertz CT molecular complexity index is 502. The summed E-state index contributed by atoms with van der Waals surface area (Å²) in [5.41, 5.74) is 5.51. The minimum atomic E-state index is -0.434. The van der Waals surface area contributed by atoms with Gasteiger partial charge in [0.2, 0.25) is 5.91 Å². The second kappa shape index (κ2) is 6.95. The topological polar surface area (TPSA) is 58.4 Å². The van der Waals surface area contributed by atoms with Gasteiger partial charge in [-0.15, -0.1) is 0 Å². The first-order valence-electron chi connectivity index (χ1n) is 7.17. The van der Waals surface area contributed by atoms with E-state index in [1.807, 2.05) is 11.8 Å². The van der Waals surface area contributed by atoms with E-state index >= 15 is 0 Å². The summed E-state index contributed by atoms with van der Waals surface area (Å²) in [6.45, 7) is 3.66. The maximum atomic E-state index is 13.7. The molecular weight excluding hydrogens is 276 g/mol. The first-order chi connectivity index (χ1) is 9.95. The summed E-state index contributed by atoms with van der Waals surface area (Å²) in [5, 5.41) is 3.33. The summed E-state index contributed by atoms with van der Waals surface area (Å²) in [6, 6.07) is 3.47. The minimum absolute atomic E-state index is 0.229. The Balaban J connectivity index is 1.88. The maximum Gasteiger partial charge on any atom is 0.231 e. The molecular formula is C15H21F2N3O. The van der Waals surface area contributed by atoms with Gasteiger partial charge in [-0.05, 0) is 38.0 Å². The van der Waals surface area contributed by atoms with Crippen LogP contribution in [0.3, 0.4) is 0 Å². The third-order valence-electron chi connectivity index (χ3n) is 3.88. The first kappa shape index (κ1) is 15.9. The van der Waals surface area contributed by atoms with Gasteiger partial charge in [-0.2, -0.15) is 0 Å². The summed E-state index contributed by atoms with van der Waals surface area (Å²) < 4.78 is 26.9. The van der Waals surface area contributed by atoms with Crippen molar-refractivity contribution in [2.24, 2.45) is 5.73 Å². The van der Waals surface area contributed by atoms with Crippen molar-refractivity contribution in [2.45, 2.75) is 31.8 Å². The zero-order valence-corrected chi connectivity index (χ0v) is 12.1. The number of rotatable bonds is 5. The second-order valence-electron chi connectivity index (χ2n) is 5.57. The molecule has 1 unspecified atom stereocenters. The van der Waals surface area contributed by atoms with E-state index in [1.54, 1.807) is 0 Å². The predicted molar refractivity (Wildman–Crippen MR) is 76.6 cm³/mol. The van der Waals surface area contributed by atoms with Crippen molar-refractivity contribution >= 4 is 5.91 Å². The molecule has 0 aromatic heterocycles. The lowest BCUT2D eigenvalue weighted by Gasteiger charge is -2.33. The average molecular weight is 297 g/mol. The zero-order chi connectivity index (χ0) is 15.4. The summed E-state index contributed by atoms with van der Waals surface area (Å²) in [6.07, 6.45) is 1.71. The lowest BCUT2D eigenvalue weighted by molar-refractivity contribution is -0.119.